The lowest BCUT2D eigenvalue weighted by Gasteiger charge is -2.33. The van der Waals surface area contributed by atoms with Crippen molar-refractivity contribution in [3.05, 3.63) is 77.2 Å². The van der Waals surface area contributed by atoms with Crippen LogP contribution in [0.5, 0.6) is 5.75 Å². The molecule has 0 bridgehead atoms. The summed E-state index contributed by atoms with van der Waals surface area (Å²) >= 11 is 0. The van der Waals surface area contributed by atoms with Crippen molar-refractivity contribution in [2.24, 2.45) is 0 Å². The molecule has 1 saturated heterocycles. The van der Waals surface area contributed by atoms with Gasteiger partial charge in [0.2, 0.25) is 5.89 Å². The van der Waals surface area contributed by atoms with E-state index in [2.05, 4.69) is 16.2 Å². The molecule has 0 radical (unpaired) electrons. The second-order valence-corrected chi connectivity index (χ2v) is 7.30. The maximum atomic E-state index is 13.1. The first-order valence-electron chi connectivity index (χ1n) is 10.2. The first-order valence-corrected chi connectivity index (χ1v) is 10.2. The van der Waals surface area contributed by atoms with Crippen LogP contribution in [0, 0.1) is 17.1 Å². The molecule has 1 unspecified atom stereocenters. The Labute approximate surface area is 179 Å². The average Bonchev–Trinajstić information content (AvgIpc) is 3.29. The Kier molecular flexibility index (Phi) is 6.22. The molecule has 2 aromatic carbocycles. The third-order valence-electron chi connectivity index (χ3n) is 5.18. The molecule has 7 nitrogen and oxygen atoms in total. The molecule has 0 spiro atoms. The number of amides is 1. The third kappa shape index (κ3) is 4.89. The summed E-state index contributed by atoms with van der Waals surface area (Å²) in [6.07, 6.45) is 3.01. The number of halogens is 1. The number of benzene rings is 2. The van der Waals surface area contributed by atoms with E-state index in [1.165, 1.54) is 12.1 Å². The summed E-state index contributed by atoms with van der Waals surface area (Å²) in [6.45, 7) is 0.907. The number of aromatic nitrogens is 2. The van der Waals surface area contributed by atoms with Crippen LogP contribution in [0.3, 0.4) is 0 Å². The van der Waals surface area contributed by atoms with E-state index in [1.54, 1.807) is 41.3 Å². The van der Waals surface area contributed by atoms with Crippen LogP contribution >= 0.6 is 0 Å². The van der Waals surface area contributed by atoms with Gasteiger partial charge in [0.25, 0.3) is 5.91 Å². The molecule has 158 valence electrons. The van der Waals surface area contributed by atoms with E-state index in [4.69, 9.17) is 14.5 Å². The van der Waals surface area contributed by atoms with Crippen LogP contribution in [0.4, 0.5) is 4.39 Å². The highest BCUT2D eigenvalue weighted by molar-refractivity contribution is 5.94. The van der Waals surface area contributed by atoms with Gasteiger partial charge in [0, 0.05) is 18.5 Å². The van der Waals surface area contributed by atoms with Crippen molar-refractivity contribution in [3.63, 3.8) is 0 Å². The number of rotatable bonds is 6. The van der Waals surface area contributed by atoms with Gasteiger partial charge in [-0.3, -0.25) is 4.79 Å². The van der Waals surface area contributed by atoms with Crippen LogP contribution in [0.25, 0.3) is 0 Å². The number of hydrogen-bond acceptors (Lipinski definition) is 6. The van der Waals surface area contributed by atoms with Gasteiger partial charge in [-0.15, -0.1) is 0 Å². The Morgan fingerprint density at radius 3 is 2.90 bits per heavy atom. The molecule has 1 amide bonds. The molecule has 0 saturated carbocycles. The summed E-state index contributed by atoms with van der Waals surface area (Å²) in [4.78, 5) is 19.3. The minimum Gasteiger partial charge on any atom is -0.493 e. The molecule has 1 aliphatic heterocycles. The molecular formula is C23H21FN4O3. The summed E-state index contributed by atoms with van der Waals surface area (Å²) < 4.78 is 24.0. The molecule has 2 heterocycles. The number of piperidine rings is 1. The fourth-order valence-corrected chi connectivity index (χ4v) is 3.61. The maximum Gasteiger partial charge on any atom is 0.254 e. The van der Waals surface area contributed by atoms with Gasteiger partial charge in [-0.1, -0.05) is 11.2 Å². The van der Waals surface area contributed by atoms with Crippen LogP contribution in [0.2, 0.25) is 0 Å². The third-order valence-corrected chi connectivity index (χ3v) is 5.18. The normalized spacial score (nSPS) is 16.0. The van der Waals surface area contributed by atoms with Crippen LogP contribution < -0.4 is 4.74 Å². The molecule has 4 rings (SSSR count). The Bertz CT molecular complexity index is 1090. The van der Waals surface area contributed by atoms with Gasteiger partial charge >= 0.3 is 0 Å². The zero-order valence-electron chi connectivity index (χ0n) is 16.8. The fourth-order valence-electron chi connectivity index (χ4n) is 3.61. The Morgan fingerprint density at radius 2 is 2.10 bits per heavy atom. The van der Waals surface area contributed by atoms with Crippen molar-refractivity contribution < 1.29 is 18.4 Å². The SMILES string of the molecule is N#Cc1cccc(C(=O)N2CCCCC2c2nc(CCOc3ccc(F)cc3)no2)c1. The lowest BCUT2D eigenvalue weighted by molar-refractivity contribution is 0.0561. The van der Waals surface area contributed by atoms with E-state index in [9.17, 15) is 9.18 Å². The van der Waals surface area contributed by atoms with Gasteiger partial charge in [-0.2, -0.15) is 10.2 Å². The topological polar surface area (TPSA) is 92.2 Å². The number of ether oxygens (including phenoxy) is 1. The number of likely N-dealkylation sites (tertiary alicyclic amines) is 1. The number of hydrogen-bond donors (Lipinski definition) is 0. The van der Waals surface area contributed by atoms with Crippen molar-refractivity contribution in [1.82, 2.24) is 15.0 Å². The molecule has 0 aliphatic carbocycles. The number of nitriles is 1. The van der Waals surface area contributed by atoms with Gasteiger partial charge in [0.1, 0.15) is 17.6 Å². The lowest BCUT2D eigenvalue weighted by Crippen LogP contribution is -2.38. The van der Waals surface area contributed by atoms with Crippen LogP contribution in [-0.2, 0) is 6.42 Å². The summed E-state index contributed by atoms with van der Waals surface area (Å²) in [5.41, 5.74) is 0.916. The lowest BCUT2D eigenvalue weighted by atomic mass is 10.00. The number of carbonyl (C=O) groups is 1. The fraction of sp³-hybridized carbons (Fsp3) is 0.304. The van der Waals surface area contributed by atoms with Crippen LogP contribution in [0.1, 0.15) is 52.9 Å². The van der Waals surface area contributed by atoms with Gasteiger partial charge < -0.3 is 14.2 Å². The minimum atomic E-state index is -0.318. The first kappa shape index (κ1) is 20.5. The summed E-state index contributed by atoms with van der Waals surface area (Å²) in [5, 5.41) is 13.1. The van der Waals surface area contributed by atoms with Crippen LogP contribution in [0.15, 0.2) is 53.1 Å². The monoisotopic (exact) mass is 420 g/mol. The smallest absolute Gasteiger partial charge is 0.254 e. The standard InChI is InChI=1S/C23H21FN4O3/c24-18-7-9-19(10-8-18)30-13-11-21-26-22(31-27-21)20-6-1-2-12-28(20)23(29)17-5-3-4-16(14-17)15-25/h3-5,7-10,14,20H,1-2,6,11-13H2. The average molecular weight is 420 g/mol. The predicted octanol–water partition coefficient (Wildman–Crippen LogP) is 4.07. The van der Waals surface area contributed by atoms with Crippen molar-refractivity contribution in [3.8, 4) is 11.8 Å². The van der Waals surface area contributed by atoms with Crippen molar-refractivity contribution >= 4 is 5.91 Å². The summed E-state index contributed by atoms with van der Waals surface area (Å²) in [6, 6.07) is 14.2. The molecule has 8 heteroatoms. The van der Waals surface area contributed by atoms with E-state index >= 15 is 0 Å². The number of carbonyl (C=O) groups excluding carboxylic acids is 1. The Hall–Kier alpha value is -3.73. The highest BCUT2D eigenvalue weighted by atomic mass is 19.1. The molecule has 3 aromatic rings. The zero-order valence-corrected chi connectivity index (χ0v) is 16.8. The van der Waals surface area contributed by atoms with E-state index in [0.29, 0.717) is 48.2 Å². The minimum absolute atomic E-state index is 0.152. The molecule has 1 fully saturated rings. The molecule has 0 N–H and O–H groups in total. The van der Waals surface area contributed by atoms with Gasteiger partial charge in [-0.25, -0.2) is 4.39 Å². The van der Waals surface area contributed by atoms with Gasteiger partial charge in [0.15, 0.2) is 5.82 Å². The highest BCUT2D eigenvalue weighted by Crippen LogP contribution is 2.31. The predicted molar refractivity (Wildman–Crippen MR) is 109 cm³/mol. The number of nitrogens with zero attached hydrogens (tertiary/aromatic N) is 4. The van der Waals surface area contributed by atoms with E-state index < -0.39 is 0 Å². The van der Waals surface area contributed by atoms with E-state index in [-0.39, 0.29) is 17.8 Å². The maximum absolute atomic E-state index is 13.1. The molecule has 31 heavy (non-hydrogen) atoms. The zero-order chi connectivity index (χ0) is 21.6. The highest BCUT2D eigenvalue weighted by Gasteiger charge is 2.32. The Balaban J connectivity index is 1.42. The summed E-state index contributed by atoms with van der Waals surface area (Å²) in [7, 11) is 0. The van der Waals surface area contributed by atoms with E-state index in [1.807, 2.05) is 0 Å². The Morgan fingerprint density at radius 1 is 1.26 bits per heavy atom. The quantitative estimate of drug-likeness (QED) is 0.597. The van der Waals surface area contributed by atoms with E-state index in [0.717, 1.165) is 19.3 Å². The van der Waals surface area contributed by atoms with Crippen molar-refractivity contribution in [2.75, 3.05) is 13.2 Å². The molecular weight excluding hydrogens is 399 g/mol. The molecule has 1 atom stereocenters. The van der Waals surface area contributed by atoms with Crippen LogP contribution in [-0.4, -0.2) is 34.1 Å². The van der Waals surface area contributed by atoms with Crippen molar-refractivity contribution in [2.45, 2.75) is 31.7 Å². The first-order chi connectivity index (χ1) is 15.1. The molecule has 1 aliphatic rings. The van der Waals surface area contributed by atoms with Crippen molar-refractivity contribution in [1.29, 1.82) is 5.26 Å². The second-order valence-electron chi connectivity index (χ2n) is 7.30. The largest absolute Gasteiger partial charge is 0.493 e. The second kappa shape index (κ2) is 9.39. The summed E-state index contributed by atoms with van der Waals surface area (Å²) in [5.74, 6) is 0.985. The van der Waals surface area contributed by atoms with Gasteiger partial charge in [-0.05, 0) is 61.7 Å². The molecule has 1 aromatic heterocycles. The van der Waals surface area contributed by atoms with Gasteiger partial charge in [0.05, 0.1) is 18.2 Å².